The molecule has 7 heteroatoms. The summed E-state index contributed by atoms with van der Waals surface area (Å²) < 4.78 is 5.19. The zero-order chi connectivity index (χ0) is 13.9. The average molecular weight is 287 g/mol. The number of aromatic nitrogens is 3. The number of methoxy groups -OCH3 is 1. The van der Waals surface area contributed by atoms with Gasteiger partial charge in [-0.15, -0.1) is 0 Å². The number of H-pyrrole nitrogens is 1. The molecule has 0 aliphatic rings. The molecule has 1 aromatic carbocycles. The van der Waals surface area contributed by atoms with Crippen LogP contribution in [-0.4, -0.2) is 22.1 Å². The fraction of sp³-hybridized carbons (Fsp3) is 0.0769. The number of hydrazine groups is 1. The van der Waals surface area contributed by atoms with Gasteiger partial charge in [-0.1, -0.05) is 6.07 Å². The number of nitrogen functional groups attached to an aromatic ring is 1. The Balaban J connectivity index is 1.90. The van der Waals surface area contributed by atoms with Crippen molar-refractivity contribution in [2.45, 2.75) is 10.2 Å². The third kappa shape index (κ3) is 2.54. The monoisotopic (exact) mass is 287 g/mol. The lowest BCUT2D eigenvalue weighted by Gasteiger charge is -2.00. The molecular formula is C13H13N5OS. The van der Waals surface area contributed by atoms with E-state index in [1.165, 1.54) is 11.8 Å². The largest absolute Gasteiger partial charge is 0.497 e. The molecule has 0 atom stereocenters. The van der Waals surface area contributed by atoms with Crippen LogP contribution in [0.5, 0.6) is 5.75 Å². The van der Waals surface area contributed by atoms with E-state index in [0.717, 1.165) is 27.0 Å². The van der Waals surface area contributed by atoms with Crippen LogP contribution in [-0.2, 0) is 0 Å². The number of hydrogen-bond acceptors (Lipinski definition) is 6. The first-order valence-corrected chi connectivity index (χ1v) is 6.75. The highest BCUT2D eigenvalue weighted by Crippen LogP contribution is 2.27. The average Bonchev–Trinajstić information content (AvgIpc) is 2.88. The molecule has 4 N–H and O–H groups in total. The number of nitrogens with one attached hydrogen (secondary N) is 2. The number of fused-ring (bicyclic) bond motifs is 1. The van der Waals surface area contributed by atoms with E-state index in [1.54, 1.807) is 13.2 Å². The topological polar surface area (TPSA) is 88.8 Å². The highest BCUT2D eigenvalue weighted by Gasteiger charge is 2.07. The molecule has 0 radical (unpaired) electrons. The lowest BCUT2D eigenvalue weighted by Crippen LogP contribution is -2.08. The highest BCUT2D eigenvalue weighted by atomic mass is 32.2. The Bertz CT molecular complexity index is 742. The second-order valence-electron chi connectivity index (χ2n) is 4.03. The Labute approximate surface area is 119 Å². The van der Waals surface area contributed by atoms with Crippen molar-refractivity contribution < 1.29 is 4.74 Å². The van der Waals surface area contributed by atoms with E-state index in [2.05, 4.69) is 20.4 Å². The maximum absolute atomic E-state index is 5.35. The van der Waals surface area contributed by atoms with Crippen LogP contribution >= 0.6 is 11.8 Å². The van der Waals surface area contributed by atoms with Gasteiger partial charge in [-0.25, -0.2) is 15.8 Å². The molecule has 0 saturated carbocycles. The van der Waals surface area contributed by atoms with Gasteiger partial charge in [0.05, 0.1) is 18.1 Å². The first kappa shape index (κ1) is 12.8. The van der Waals surface area contributed by atoms with E-state index in [0.29, 0.717) is 5.82 Å². The number of nitrogens with zero attached hydrogens (tertiary/aromatic N) is 2. The molecule has 0 fully saturated rings. The summed E-state index contributed by atoms with van der Waals surface area (Å²) in [6.07, 6.45) is 0. The molecule has 0 aliphatic carbocycles. The third-order valence-corrected chi connectivity index (χ3v) is 3.56. The minimum absolute atomic E-state index is 0.618. The number of hydrogen-bond donors (Lipinski definition) is 3. The van der Waals surface area contributed by atoms with Crippen molar-refractivity contribution in [3.63, 3.8) is 0 Å². The molecule has 102 valence electrons. The first-order chi connectivity index (χ1) is 9.78. The molecule has 6 nitrogen and oxygen atoms in total. The molecule has 2 heterocycles. The molecular weight excluding hydrogens is 274 g/mol. The van der Waals surface area contributed by atoms with Gasteiger partial charge in [-0.2, -0.15) is 0 Å². The Hall–Kier alpha value is -2.25. The summed E-state index contributed by atoms with van der Waals surface area (Å²) in [7, 11) is 1.64. The fourth-order valence-corrected chi connectivity index (χ4v) is 2.59. The molecule has 3 rings (SSSR count). The number of ether oxygens (including phenoxy) is 1. The Kier molecular flexibility index (Phi) is 3.44. The van der Waals surface area contributed by atoms with Gasteiger partial charge in [0.2, 0.25) is 0 Å². The van der Waals surface area contributed by atoms with Crippen LogP contribution in [0.2, 0.25) is 0 Å². The Morgan fingerprint density at radius 3 is 2.95 bits per heavy atom. The predicted octanol–water partition coefficient (Wildman–Crippen LogP) is 2.40. The van der Waals surface area contributed by atoms with Gasteiger partial charge in [-0.3, -0.25) is 0 Å². The molecule has 20 heavy (non-hydrogen) atoms. The van der Waals surface area contributed by atoms with Gasteiger partial charge >= 0.3 is 0 Å². The van der Waals surface area contributed by atoms with Crippen LogP contribution in [0.1, 0.15) is 0 Å². The van der Waals surface area contributed by atoms with Crippen LogP contribution in [0.25, 0.3) is 11.0 Å². The van der Waals surface area contributed by atoms with Crippen molar-refractivity contribution in [3.05, 3.63) is 36.4 Å². The van der Waals surface area contributed by atoms with E-state index in [1.807, 2.05) is 30.3 Å². The molecule has 0 spiro atoms. The van der Waals surface area contributed by atoms with Gasteiger partial charge < -0.3 is 15.1 Å². The smallest absolute Gasteiger partial charge is 0.172 e. The number of imidazole rings is 1. The Morgan fingerprint density at radius 1 is 1.25 bits per heavy atom. The molecule has 0 saturated heterocycles. The van der Waals surface area contributed by atoms with E-state index in [4.69, 9.17) is 10.6 Å². The summed E-state index contributed by atoms with van der Waals surface area (Å²) in [6, 6.07) is 11.3. The molecule has 0 amide bonds. The van der Waals surface area contributed by atoms with Crippen molar-refractivity contribution in [2.75, 3.05) is 12.5 Å². The second-order valence-corrected chi connectivity index (χ2v) is 5.04. The zero-order valence-electron chi connectivity index (χ0n) is 10.8. The minimum Gasteiger partial charge on any atom is -0.497 e. The number of anilines is 1. The summed E-state index contributed by atoms with van der Waals surface area (Å²) >= 11 is 1.44. The van der Waals surface area contributed by atoms with Gasteiger partial charge in [0.25, 0.3) is 0 Å². The van der Waals surface area contributed by atoms with E-state index in [-0.39, 0.29) is 0 Å². The van der Waals surface area contributed by atoms with E-state index in [9.17, 15) is 0 Å². The van der Waals surface area contributed by atoms with E-state index >= 15 is 0 Å². The second kappa shape index (κ2) is 5.40. The Morgan fingerprint density at radius 2 is 2.15 bits per heavy atom. The van der Waals surface area contributed by atoms with Gasteiger partial charge in [0.1, 0.15) is 16.6 Å². The van der Waals surface area contributed by atoms with Crippen molar-refractivity contribution in [1.29, 1.82) is 0 Å². The summed E-state index contributed by atoms with van der Waals surface area (Å²) in [5.74, 6) is 6.76. The highest BCUT2D eigenvalue weighted by molar-refractivity contribution is 7.99. The van der Waals surface area contributed by atoms with Crippen molar-refractivity contribution in [2.24, 2.45) is 5.84 Å². The summed E-state index contributed by atoms with van der Waals surface area (Å²) in [5.41, 5.74) is 4.34. The lowest BCUT2D eigenvalue weighted by molar-refractivity contribution is 0.415. The maximum Gasteiger partial charge on any atom is 0.172 e. The number of aromatic amines is 1. The van der Waals surface area contributed by atoms with Crippen LogP contribution < -0.4 is 16.0 Å². The third-order valence-electron chi connectivity index (χ3n) is 2.74. The number of benzene rings is 1. The predicted molar refractivity (Wildman–Crippen MR) is 78.8 cm³/mol. The van der Waals surface area contributed by atoms with Crippen LogP contribution in [0, 0.1) is 0 Å². The summed E-state index contributed by atoms with van der Waals surface area (Å²) in [6.45, 7) is 0. The maximum atomic E-state index is 5.35. The molecule has 3 aromatic rings. The van der Waals surface area contributed by atoms with Crippen LogP contribution in [0.15, 0.2) is 46.6 Å². The van der Waals surface area contributed by atoms with Crippen molar-refractivity contribution in [3.8, 4) is 5.75 Å². The molecule has 0 unspecified atom stereocenters. The summed E-state index contributed by atoms with van der Waals surface area (Å²) in [4.78, 5) is 12.1. The summed E-state index contributed by atoms with van der Waals surface area (Å²) in [5, 5.41) is 1.58. The van der Waals surface area contributed by atoms with Crippen molar-refractivity contribution in [1.82, 2.24) is 15.0 Å². The quantitative estimate of drug-likeness (QED) is 0.504. The normalized spacial score (nSPS) is 10.7. The zero-order valence-corrected chi connectivity index (χ0v) is 11.6. The minimum atomic E-state index is 0.618. The SMILES string of the molecule is COc1ccc2nc(Sc3cccc(NN)n3)[nH]c2c1. The molecule has 0 aliphatic heterocycles. The fourth-order valence-electron chi connectivity index (χ4n) is 1.79. The number of nitrogens with two attached hydrogens (primary N) is 1. The number of pyridine rings is 1. The van der Waals surface area contributed by atoms with Gasteiger partial charge in [0.15, 0.2) is 5.16 Å². The van der Waals surface area contributed by atoms with Gasteiger partial charge in [0, 0.05) is 6.07 Å². The van der Waals surface area contributed by atoms with E-state index < -0.39 is 0 Å². The molecule has 2 aromatic heterocycles. The first-order valence-electron chi connectivity index (χ1n) is 5.94. The number of rotatable bonds is 4. The van der Waals surface area contributed by atoms with Crippen molar-refractivity contribution >= 4 is 28.6 Å². The lowest BCUT2D eigenvalue weighted by atomic mass is 10.3. The van der Waals surface area contributed by atoms with Gasteiger partial charge in [-0.05, 0) is 36.0 Å². The standard InChI is InChI=1S/C13H13N5OS/c1-19-8-5-6-9-10(7-8)16-13(15-9)20-12-4-2-3-11(17-12)18-14/h2-7H,14H2,1H3,(H,15,16)(H,17,18). The van der Waals surface area contributed by atoms with Crippen LogP contribution in [0.4, 0.5) is 5.82 Å². The van der Waals surface area contributed by atoms with Crippen LogP contribution in [0.3, 0.4) is 0 Å². The molecule has 0 bridgehead atoms.